The predicted molar refractivity (Wildman–Crippen MR) is 168 cm³/mol. The number of ether oxygens (including phenoxy) is 1. The molecule has 0 atom stereocenters. The van der Waals surface area contributed by atoms with E-state index in [-0.39, 0.29) is 34.9 Å². The first kappa shape index (κ1) is 25.6. The number of carbonyl (C=O) groups excluding carboxylic acids is 3. The van der Waals surface area contributed by atoms with E-state index in [0.29, 0.717) is 45.9 Å². The van der Waals surface area contributed by atoms with E-state index in [0.717, 1.165) is 25.7 Å². The second-order valence-electron chi connectivity index (χ2n) is 10.7. The molecule has 44 heavy (non-hydrogen) atoms. The number of nitrogens with zero attached hydrogens (tertiary/aromatic N) is 4. The van der Waals surface area contributed by atoms with Gasteiger partial charge in [-0.15, -0.1) is 21.5 Å². The minimum absolute atomic E-state index is 0.0675. The summed E-state index contributed by atoms with van der Waals surface area (Å²) in [6, 6.07) is 17.0. The van der Waals surface area contributed by atoms with E-state index in [2.05, 4.69) is 37.9 Å². The molecule has 11 nitrogen and oxygen atoms in total. The highest BCUT2D eigenvalue weighted by molar-refractivity contribution is 7.17. The Morgan fingerprint density at radius 1 is 1.00 bits per heavy atom. The molecule has 0 bridgehead atoms. The zero-order chi connectivity index (χ0) is 33.1. The second kappa shape index (κ2) is 12.8. The normalized spacial score (nSPS) is 16.3. The number of benzene rings is 2. The molecule has 2 aromatic carbocycles. The van der Waals surface area contributed by atoms with Gasteiger partial charge in [0, 0.05) is 36.2 Å². The van der Waals surface area contributed by atoms with Crippen molar-refractivity contribution in [2.45, 2.75) is 31.6 Å². The molecule has 3 N–H and O–H groups in total. The first-order valence-electron chi connectivity index (χ1n) is 15.8. The van der Waals surface area contributed by atoms with Crippen molar-refractivity contribution < 1.29 is 23.2 Å². The molecule has 4 aromatic rings. The lowest BCUT2D eigenvalue weighted by molar-refractivity contribution is -0.117. The van der Waals surface area contributed by atoms with Gasteiger partial charge in [0.2, 0.25) is 5.91 Å². The fourth-order valence-electron chi connectivity index (χ4n) is 5.31. The average molecular weight is 615 g/mol. The Bertz CT molecular complexity index is 1790. The van der Waals surface area contributed by atoms with E-state index in [4.69, 9.17) is 8.85 Å². The zero-order valence-electron chi connectivity index (χ0n) is 27.0. The molecule has 1 saturated carbocycles. The molecule has 0 unspecified atom stereocenters. The third-order valence-electron chi connectivity index (χ3n) is 7.81. The molecule has 1 aliphatic heterocycles. The minimum atomic E-state index is -2.76. The molecule has 226 valence electrons. The number of likely N-dealkylation sites (tertiary alicyclic amines) is 1. The minimum Gasteiger partial charge on any atom is -0.494 e. The molecule has 12 heteroatoms. The number of aromatic nitrogens is 3. The zero-order valence-corrected chi connectivity index (χ0v) is 24.8. The van der Waals surface area contributed by atoms with Gasteiger partial charge in [-0.25, -0.2) is 4.98 Å². The summed E-state index contributed by atoms with van der Waals surface area (Å²) in [7, 11) is 1.48. The Morgan fingerprint density at radius 3 is 2.52 bits per heavy atom. The molecule has 2 fully saturated rings. The van der Waals surface area contributed by atoms with Crippen molar-refractivity contribution in [3.05, 3.63) is 76.9 Å². The number of carbonyl (C=O) groups is 3. The Kier molecular flexibility index (Phi) is 7.46. The fourth-order valence-corrected chi connectivity index (χ4v) is 6.22. The van der Waals surface area contributed by atoms with E-state index >= 15 is 0 Å². The lowest BCUT2D eigenvalue weighted by Gasteiger charge is -2.31. The summed E-state index contributed by atoms with van der Waals surface area (Å²) in [6.45, 7) is -1.44. The Morgan fingerprint density at radius 2 is 1.80 bits per heavy atom. The maximum Gasteiger partial charge on any atom is 0.273 e. The molecular weight excluding hydrogens is 578 g/mol. The van der Waals surface area contributed by atoms with Crippen LogP contribution in [0.5, 0.6) is 5.75 Å². The van der Waals surface area contributed by atoms with Gasteiger partial charge in [0.15, 0.2) is 17.3 Å². The van der Waals surface area contributed by atoms with Gasteiger partial charge >= 0.3 is 0 Å². The van der Waals surface area contributed by atoms with E-state index in [1.54, 1.807) is 24.4 Å². The number of rotatable bonds is 9. The van der Waals surface area contributed by atoms with Crippen molar-refractivity contribution in [2.24, 2.45) is 5.92 Å². The highest BCUT2D eigenvalue weighted by atomic mass is 32.1. The first-order valence-corrected chi connectivity index (χ1v) is 15.2. The van der Waals surface area contributed by atoms with Crippen LogP contribution in [-0.2, 0) is 4.79 Å². The van der Waals surface area contributed by atoms with Crippen LogP contribution in [0.25, 0.3) is 10.6 Å². The summed E-state index contributed by atoms with van der Waals surface area (Å²) in [5, 5.41) is 16.1. The van der Waals surface area contributed by atoms with Crippen molar-refractivity contribution in [3.63, 3.8) is 0 Å². The van der Waals surface area contributed by atoms with E-state index in [9.17, 15) is 14.4 Å². The maximum atomic E-state index is 13.4. The predicted octanol–water partition coefficient (Wildman–Crippen LogP) is 5.08. The fraction of sp³-hybridized carbons (Fsp3) is 0.312. The number of hydrogen-bond acceptors (Lipinski definition) is 9. The number of amides is 3. The highest BCUT2D eigenvalue weighted by Gasteiger charge is 2.30. The highest BCUT2D eigenvalue weighted by Crippen LogP contribution is 2.40. The third-order valence-corrected chi connectivity index (χ3v) is 8.83. The van der Waals surface area contributed by atoms with E-state index in [1.807, 2.05) is 28.4 Å². The number of hydrogen-bond donors (Lipinski definition) is 3. The largest absolute Gasteiger partial charge is 0.494 e. The van der Waals surface area contributed by atoms with Crippen LogP contribution in [0, 0.1) is 5.92 Å². The first-order chi connectivity index (χ1) is 22.6. The van der Waals surface area contributed by atoms with Gasteiger partial charge in [-0.3, -0.25) is 14.4 Å². The van der Waals surface area contributed by atoms with Crippen molar-refractivity contribution in [3.8, 4) is 16.3 Å². The smallest absolute Gasteiger partial charge is 0.273 e. The molecule has 0 spiro atoms. The average Bonchev–Trinajstić information content (AvgIpc) is 3.81. The molecule has 1 aliphatic carbocycles. The summed E-state index contributed by atoms with van der Waals surface area (Å²) in [4.78, 5) is 45.6. The topological polar surface area (TPSA) is 138 Å². The lowest BCUT2D eigenvalue weighted by atomic mass is 9.89. The van der Waals surface area contributed by atoms with Crippen molar-refractivity contribution in [1.82, 2.24) is 25.4 Å². The van der Waals surface area contributed by atoms with Gasteiger partial charge in [0.1, 0.15) is 9.88 Å². The van der Waals surface area contributed by atoms with Crippen molar-refractivity contribution >= 4 is 46.3 Å². The molecule has 3 amide bonds. The number of para-hydroxylation sites is 1. The molecule has 2 aromatic heterocycles. The van der Waals surface area contributed by atoms with Crippen LogP contribution in [0.4, 0.5) is 17.2 Å². The van der Waals surface area contributed by atoms with Crippen LogP contribution in [0.3, 0.4) is 0 Å². The summed E-state index contributed by atoms with van der Waals surface area (Å²) < 4.78 is 28.1. The van der Waals surface area contributed by atoms with Gasteiger partial charge in [-0.1, -0.05) is 36.4 Å². The van der Waals surface area contributed by atoms with Crippen molar-refractivity contribution in [1.29, 1.82) is 0 Å². The van der Waals surface area contributed by atoms with Crippen LogP contribution in [0.2, 0.25) is 0 Å². The standard InChI is InChI=1S/C32H33N7O4S/c1-33-30(41)27-24(17-26(37-38-27)36-29(40)21-11-12-21)35-23-10-6-9-22(28(23)43-2)31-34-18-25(44-31)32(42)39-15-13-20(14-16-39)19-7-4-3-5-8-19/h3-10,17-18,20-21H,11-16H2,1-2H3,(H,33,41)(H2,35,36,37,40)/i1D3. The summed E-state index contributed by atoms with van der Waals surface area (Å²) in [6.07, 6.45) is 4.93. The summed E-state index contributed by atoms with van der Waals surface area (Å²) >= 11 is 1.26. The molecular formula is C32H33N7O4S. The second-order valence-corrected chi connectivity index (χ2v) is 11.8. The molecule has 2 aliphatic rings. The van der Waals surface area contributed by atoms with Gasteiger partial charge in [-0.05, 0) is 49.3 Å². The Labute approximate surface area is 263 Å². The van der Waals surface area contributed by atoms with Crippen LogP contribution >= 0.6 is 11.3 Å². The number of anilines is 3. The molecule has 0 radical (unpaired) electrons. The van der Waals surface area contributed by atoms with Gasteiger partial charge in [0.05, 0.1) is 30.2 Å². The summed E-state index contributed by atoms with van der Waals surface area (Å²) in [5.74, 6) is -0.460. The lowest BCUT2D eigenvalue weighted by Crippen LogP contribution is -2.37. The quantitative estimate of drug-likeness (QED) is 0.237. The number of thiazole rings is 1. The van der Waals surface area contributed by atoms with Crippen LogP contribution < -0.4 is 20.7 Å². The van der Waals surface area contributed by atoms with Crippen molar-refractivity contribution in [2.75, 3.05) is 37.8 Å². The molecule has 6 rings (SSSR count). The van der Waals surface area contributed by atoms with E-state index < -0.39 is 12.9 Å². The number of nitrogens with one attached hydrogen (secondary N) is 3. The maximum absolute atomic E-state index is 13.4. The third kappa shape index (κ3) is 6.25. The van der Waals surface area contributed by atoms with Gasteiger partial charge in [0.25, 0.3) is 11.8 Å². The van der Waals surface area contributed by atoms with Gasteiger partial charge < -0.3 is 25.6 Å². The number of methoxy groups -OCH3 is 1. The Balaban J connectivity index is 1.23. The van der Waals surface area contributed by atoms with Crippen LogP contribution in [0.1, 0.15) is 61.4 Å². The van der Waals surface area contributed by atoms with Gasteiger partial charge in [-0.2, -0.15) is 0 Å². The van der Waals surface area contributed by atoms with E-state index in [1.165, 1.54) is 30.1 Å². The SMILES string of the molecule is [2H]C([2H])([2H])NC(=O)c1nnc(NC(=O)C2CC2)cc1Nc1cccc(-c2ncc(C(=O)N3CCC(c4ccccc4)CC3)s2)c1OC. The van der Waals surface area contributed by atoms with Crippen LogP contribution in [0.15, 0.2) is 60.8 Å². The Hall–Kier alpha value is -4.84. The molecule has 1 saturated heterocycles. The van der Waals surface area contributed by atoms with Crippen LogP contribution in [-0.4, -0.2) is 65.0 Å². The summed E-state index contributed by atoms with van der Waals surface area (Å²) in [5.41, 5.74) is 2.11. The number of piperidine rings is 1. The molecule has 3 heterocycles. The monoisotopic (exact) mass is 614 g/mol.